The van der Waals surface area contributed by atoms with Crippen LogP contribution in [-0.4, -0.2) is 17.9 Å². The maximum atomic E-state index is 12.1. The summed E-state index contributed by atoms with van der Waals surface area (Å²) in [5.74, 6) is -0.263. The van der Waals surface area contributed by atoms with Crippen molar-refractivity contribution in [2.75, 3.05) is 12.4 Å². The smallest absolute Gasteiger partial charge is 0.339 e. The zero-order valence-corrected chi connectivity index (χ0v) is 10.3. The third-order valence-corrected chi connectivity index (χ3v) is 2.64. The SMILES string of the molecule is CNc1ccccc1C(=O)Cc1cc(O)cc(=O)o1. The van der Waals surface area contributed by atoms with Crippen molar-refractivity contribution < 1.29 is 14.3 Å². The molecule has 5 heteroatoms. The molecule has 2 N–H and O–H groups in total. The molecule has 0 aliphatic heterocycles. The molecule has 0 saturated carbocycles. The molecule has 1 aromatic heterocycles. The lowest BCUT2D eigenvalue weighted by atomic mass is 10.0. The van der Waals surface area contributed by atoms with Gasteiger partial charge < -0.3 is 14.8 Å². The van der Waals surface area contributed by atoms with Crippen molar-refractivity contribution in [2.45, 2.75) is 6.42 Å². The molecule has 0 spiro atoms. The molecule has 0 bridgehead atoms. The molecule has 0 saturated heterocycles. The number of nitrogens with one attached hydrogen (secondary N) is 1. The largest absolute Gasteiger partial charge is 0.508 e. The summed E-state index contributed by atoms with van der Waals surface area (Å²) in [4.78, 5) is 23.2. The Hall–Kier alpha value is -2.56. The van der Waals surface area contributed by atoms with E-state index in [1.807, 2.05) is 6.07 Å². The first-order valence-corrected chi connectivity index (χ1v) is 5.73. The van der Waals surface area contributed by atoms with E-state index < -0.39 is 5.63 Å². The average molecular weight is 259 g/mol. The molecular formula is C14H13NO4. The average Bonchev–Trinajstić information content (AvgIpc) is 2.37. The molecule has 0 aliphatic rings. The molecule has 0 radical (unpaired) electrons. The quantitative estimate of drug-likeness (QED) is 0.818. The maximum Gasteiger partial charge on any atom is 0.339 e. The minimum absolute atomic E-state index is 0.0810. The summed E-state index contributed by atoms with van der Waals surface area (Å²) in [6.07, 6.45) is -0.0810. The fourth-order valence-corrected chi connectivity index (χ4v) is 1.80. The van der Waals surface area contributed by atoms with Gasteiger partial charge in [0.2, 0.25) is 0 Å². The van der Waals surface area contributed by atoms with Gasteiger partial charge in [-0.3, -0.25) is 4.79 Å². The second-order valence-electron chi connectivity index (χ2n) is 4.00. The van der Waals surface area contributed by atoms with Crippen LogP contribution in [0.3, 0.4) is 0 Å². The highest BCUT2D eigenvalue weighted by atomic mass is 16.4. The molecule has 1 aromatic carbocycles. The van der Waals surface area contributed by atoms with Gasteiger partial charge in [-0.15, -0.1) is 0 Å². The van der Waals surface area contributed by atoms with Crippen LogP contribution < -0.4 is 10.9 Å². The summed E-state index contributed by atoms with van der Waals surface area (Å²) in [7, 11) is 1.72. The van der Waals surface area contributed by atoms with Gasteiger partial charge >= 0.3 is 5.63 Å². The van der Waals surface area contributed by atoms with Crippen molar-refractivity contribution in [3.05, 3.63) is 58.1 Å². The van der Waals surface area contributed by atoms with Gasteiger partial charge in [-0.2, -0.15) is 0 Å². The summed E-state index contributed by atoms with van der Waals surface area (Å²) in [5, 5.41) is 12.2. The minimum atomic E-state index is -0.676. The highest BCUT2D eigenvalue weighted by molar-refractivity contribution is 6.02. The number of hydrogen-bond donors (Lipinski definition) is 2. The number of carbonyl (C=O) groups is 1. The predicted octanol–water partition coefficient (Wildman–Crippen LogP) is 1.81. The fourth-order valence-electron chi connectivity index (χ4n) is 1.80. The van der Waals surface area contributed by atoms with Crippen LogP contribution in [-0.2, 0) is 6.42 Å². The van der Waals surface area contributed by atoms with Crippen LogP contribution in [0.15, 0.2) is 45.6 Å². The first-order chi connectivity index (χ1) is 9.10. The number of anilines is 1. The Labute approximate surface area is 109 Å². The van der Waals surface area contributed by atoms with Crippen LogP contribution in [0.2, 0.25) is 0 Å². The number of hydrogen-bond acceptors (Lipinski definition) is 5. The Morgan fingerprint density at radius 2 is 2.05 bits per heavy atom. The van der Waals surface area contributed by atoms with Crippen molar-refractivity contribution in [1.82, 2.24) is 0 Å². The molecule has 1 heterocycles. The first kappa shape index (κ1) is 12.9. The number of aromatic hydroxyl groups is 1. The van der Waals surface area contributed by atoms with Crippen molar-refractivity contribution in [3.63, 3.8) is 0 Å². The van der Waals surface area contributed by atoms with Gasteiger partial charge in [0.25, 0.3) is 0 Å². The van der Waals surface area contributed by atoms with Crippen LogP contribution in [0.25, 0.3) is 0 Å². The predicted molar refractivity (Wildman–Crippen MR) is 70.7 cm³/mol. The van der Waals surface area contributed by atoms with E-state index in [1.54, 1.807) is 25.2 Å². The zero-order valence-electron chi connectivity index (χ0n) is 10.3. The van der Waals surface area contributed by atoms with E-state index in [0.717, 1.165) is 6.07 Å². The van der Waals surface area contributed by atoms with Gasteiger partial charge in [0, 0.05) is 24.4 Å². The third-order valence-electron chi connectivity index (χ3n) is 2.64. The van der Waals surface area contributed by atoms with Gasteiger partial charge in [0.1, 0.15) is 11.5 Å². The van der Waals surface area contributed by atoms with Crippen molar-refractivity contribution in [3.8, 4) is 5.75 Å². The van der Waals surface area contributed by atoms with Gasteiger partial charge in [-0.1, -0.05) is 12.1 Å². The summed E-state index contributed by atoms with van der Waals surface area (Å²) in [5.41, 5.74) is 0.538. The van der Waals surface area contributed by atoms with Crippen molar-refractivity contribution >= 4 is 11.5 Å². The molecule has 0 aliphatic carbocycles. The molecule has 98 valence electrons. The van der Waals surface area contributed by atoms with Crippen LogP contribution in [0.5, 0.6) is 5.75 Å². The van der Waals surface area contributed by atoms with E-state index in [9.17, 15) is 14.7 Å². The summed E-state index contributed by atoms with van der Waals surface area (Å²) in [6.45, 7) is 0. The number of para-hydroxylation sites is 1. The van der Waals surface area contributed by atoms with Gasteiger partial charge in [0.15, 0.2) is 5.78 Å². The third kappa shape index (κ3) is 3.01. The number of Topliss-reactive ketones (excluding diaryl/α,β-unsaturated/α-hetero) is 1. The van der Waals surface area contributed by atoms with E-state index >= 15 is 0 Å². The van der Waals surface area contributed by atoms with E-state index in [4.69, 9.17) is 4.42 Å². The maximum absolute atomic E-state index is 12.1. The molecule has 2 aromatic rings. The molecule has 0 amide bonds. The number of benzene rings is 1. The molecule has 0 fully saturated rings. The van der Waals surface area contributed by atoms with Crippen LogP contribution in [0.1, 0.15) is 16.1 Å². The Bertz CT molecular complexity index is 660. The van der Waals surface area contributed by atoms with Crippen molar-refractivity contribution in [2.24, 2.45) is 0 Å². The van der Waals surface area contributed by atoms with Gasteiger partial charge in [0.05, 0.1) is 12.5 Å². The fraction of sp³-hybridized carbons (Fsp3) is 0.143. The second-order valence-corrected chi connectivity index (χ2v) is 4.00. The Kier molecular flexibility index (Phi) is 3.66. The minimum Gasteiger partial charge on any atom is -0.508 e. The Morgan fingerprint density at radius 3 is 2.74 bits per heavy atom. The molecular weight excluding hydrogens is 246 g/mol. The topological polar surface area (TPSA) is 79.5 Å². The van der Waals surface area contributed by atoms with E-state index in [-0.39, 0.29) is 23.7 Å². The zero-order chi connectivity index (χ0) is 13.8. The lowest BCUT2D eigenvalue weighted by molar-refractivity contribution is 0.0986. The first-order valence-electron chi connectivity index (χ1n) is 5.73. The van der Waals surface area contributed by atoms with Crippen LogP contribution >= 0.6 is 0 Å². The molecule has 2 rings (SSSR count). The Balaban J connectivity index is 2.28. The summed E-state index contributed by atoms with van der Waals surface area (Å²) in [6, 6.07) is 9.27. The molecule has 0 atom stereocenters. The standard InChI is InChI=1S/C14H13NO4/c1-15-12-5-3-2-4-11(12)13(17)8-10-6-9(16)7-14(18)19-10/h2-7,15-16H,8H2,1H3. The normalized spacial score (nSPS) is 10.2. The molecule has 19 heavy (non-hydrogen) atoms. The van der Waals surface area contributed by atoms with E-state index in [2.05, 4.69) is 5.32 Å². The second kappa shape index (κ2) is 5.39. The van der Waals surface area contributed by atoms with Crippen LogP contribution in [0.4, 0.5) is 5.69 Å². The molecule has 0 unspecified atom stereocenters. The van der Waals surface area contributed by atoms with Crippen LogP contribution in [0, 0.1) is 0 Å². The Morgan fingerprint density at radius 1 is 1.32 bits per heavy atom. The number of carbonyl (C=O) groups excluding carboxylic acids is 1. The van der Waals surface area contributed by atoms with Crippen molar-refractivity contribution in [1.29, 1.82) is 0 Å². The lowest BCUT2D eigenvalue weighted by Gasteiger charge is -2.07. The summed E-state index contributed by atoms with van der Waals surface area (Å²) >= 11 is 0. The number of ketones is 1. The summed E-state index contributed by atoms with van der Waals surface area (Å²) < 4.78 is 4.87. The number of rotatable bonds is 4. The van der Waals surface area contributed by atoms with E-state index in [0.29, 0.717) is 11.3 Å². The molecule has 5 nitrogen and oxygen atoms in total. The monoisotopic (exact) mass is 259 g/mol. The van der Waals surface area contributed by atoms with E-state index in [1.165, 1.54) is 6.07 Å². The van der Waals surface area contributed by atoms with Gasteiger partial charge in [-0.05, 0) is 12.1 Å². The highest BCUT2D eigenvalue weighted by Gasteiger charge is 2.13. The van der Waals surface area contributed by atoms with Gasteiger partial charge in [-0.25, -0.2) is 4.79 Å². The highest BCUT2D eigenvalue weighted by Crippen LogP contribution is 2.17. The lowest BCUT2D eigenvalue weighted by Crippen LogP contribution is -2.09.